The van der Waals surface area contributed by atoms with Crippen molar-refractivity contribution in [2.75, 3.05) is 7.11 Å². The Morgan fingerprint density at radius 3 is 2.62 bits per heavy atom. The van der Waals surface area contributed by atoms with Crippen LogP contribution in [0.25, 0.3) is 10.1 Å². The molecule has 2 aromatic carbocycles. The van der Waals surface area contributed by atoms with E-state index in [4.69, 9.17) is 27.9 Å². The highest BCUT2D eigenvalue weighted by atomic mass is 79.9. The zero-order chi connectivity index (χ0) is 15.0. The van der Waals surface area contributed by atoms with E-state index in [0.717, 1.165) is 5.56 Å². The van der Waals surface area contributed by atoms with Crippen molar-refractivity contribution in [2.45, 2.75) is 4.83 Å². The van der Waals surface area contributed by atoms with Crippen LogP contribution in [0.3, 0.4) is 0 Å². The second kappa shape index (κ2) is 6.17. The van der Waals surface area contributed by atoms with Gasteiger partial charge in [-0.05, 0) is 34.0 Å². The molecule has 0 bridgehead atoms. The van der Waals surface area contributed by atoms with Gasteiger partial charge in [-0.15, -0.1) is 11.3 Å². The Morgan fingerprint density at radius 1 is 1.10 bits per heavy atom. The monoisotopic (exact) mass is 400 g/mol. The highest BCUT2D eigenvalue weighted by Crippen LogP contribution is 2.43. The summed E-state index contributed by atoms with van der Waals surface area (Å²) in [7, 11) is 1.58. The van der Waals surface area contributed by atoms with Gasteiger partial charge in [0.2, 0.25) is 0 Å². The van der Waals surface area contributed by atoms with E-state index in [1.807, 2.05) is 18.2 Å². The van der Waals surface area contributed by atoms with E-state index < -0.39 is 0 Å². The Labute approximate surface area is 145 Å². The summed E-state index contributed by atoms with van der Waals surface area (Å²) in [6.45, 7) is 0. The van der Waals surface area contributed by atoms with E-state index in [9.17, 15) is 0 Å². The number of benzene rings is 2. The second-order valence-electron chi connectivity index (χ2n) is 4.56. The fourth-order valence-electron chi connectivity index (χ4n) is 2.26. The maximum atomic E-state index is 6.38. The summed E-state index contributed by atoms with van der Waals surface area (Å²) in [6.07, 6.45) is 0. The van der Waals surface area contributed by atoms with Crippen molar-refractivity contribution in [1.82, 2.24) is 0 Å². The van der Waals surface area contributed by atoms with Crippen molar-refractivity contribution in [1.29, 1.82) is 0 Å². The zero-order valence-corrected chi connectivity index (χ0v) is 15.0. The predicted molar refractivity (Wildman–Crippen MR) is 95.6 cm³/mol. The standard InChI is InChI=1S/C16H11BrCl2OS/c1-20-14-7-12(18)10(6-13(14)19)16(17)11-8-21-15-5-3-2-4-9(11)15/h2-8,16H,1H3. The molecule has 1 unspecified atom stereocenters. The Morgan fingerprint density at radius 2 is 1.86 bits per heavy atom. The van der Waals surface area contributed by atoms with Crippen LogP contribution in [-0.2, 0) is 0 Å². The summed E-state index contributed by atoms with van der Waals surface area (Å²) in [5.41, 5.74) is 2.13. The van der Waals surface area contributed by atoms with Gasteiger partial charge in [0.15, 0.2) is 0 Å². The molecule has 5 heteroatoms. The molecule has 0 radical (unpaired) electrons. The van der Waals surface area contributed by atoms with Crippen molar-refractivity contribution in [3.8, 4) is 5.75 Å². The molecule has 3 aromatic rings. The van der Waals surface area contributed by atoms with Gasteiger partial charge in [0.25, 0.3) is 0 Å². The summed E-state index contributed by atoms with van der Waals surface area (Å²) < 4.78 is 6.45. The summed E-state index contributed by atoms with van der Waals surface area (Å²) in [6, 6.07) is 11.9. The first-order chi connectivity index (χ1) is 10.1. The highest BCUT2D eigenvalue weighted by molar-refractivity contribution is 9.09. The minimum absolute atomic E-state index is 0.00967. The fraction of sp³-hybridized carbons (Fsp3) is 0.125. The van der Waals surface area contributed by atoms with Gasteiger partial charge in [-0.3, -0.25) is 0 Å². The SMILES string of the molecule is COc1cc(Cl)c(C(Br)c2csc3ccccc23)cc1Cl. The molecule has 1 aromatic heterocycles. The first-order valence-electron chi connectivity index (χ1n) is 6.25. The van der Waals surface area contributed by atoms with Gasteiger partial charge in [-0.25, -0.2) is 0 Å². The molecule has 0 aliphatic rings. The van der Waals surface area contributed by atoms with Crippen molar-refractivity contribution < 1.29 is 4.74 Å². The number of fused-ring (bicyclic) bond motifs is 1. The molecule has 1 atom stereocenters. The van der Waals surface area contributed by atoms with E-state index in [1.54, 1.807) is 24.5 Å². The van der Waals surface area contributed by atoms with Crippen molar-refractivity contribution in [3.05, 3.63) is 63.0 Å². The molecule has 21 heavy (non-hydrogen) atoms. The number of ether oxygens (including phenoxy) is 1. The maximum absolute atomic E-state index is 6.38. The lowest BCUT2D eigenvalue weighted by molar-refractivity contribution is 0.415. The minimum atomic E-state index is -0.00967. The molecule has 0 aliphatic carbocycles. The van der Waals surface area contributed by atoms with Crippen LogP contribution in [0.5, 0.6) is 5.75 Å². The first kappa shape index (κ1) is 15.2. The molecule has 0 amide bonds. The van der Waals surface area contributed by atoms with Crippen LogP contribution >= 0.6 is 50.5 Å². The number of halogens is 3. The van der Waals surface area contributed by atoms with Crippen molar-refractivity contribution in [3.63, 3.8) is 0 Å². The average molecular weight is 402 g/mol. The van der Waals surface area contributed by atoms with E-state index in [2.05, 4.69) is 33.4 Å². The Hall–Kier alpha value is -0.740. The normalized spacial score (nSPS) is 12.6. The van der Waals surface area contributed by atoms with Gasteiger partial charge in [0, 0.05) is 15.8 Å². The topological polar surface area (TPSA) is 9.23 Å². The van der Waals surface area contributed by atoms with Crippen molar-refractivity contribution in [2.24, 2.45) is 0 Å². The van der Waals surface area contributed by atoms with Gasteiger partial charge >= 0.3 is 0 Å². The largest absolute Gasteiger partial charge is 0.495 e. The molecule has 0 saturated heterocycles. The molecule has 0 saturated carbocycles. The van der Waals surface area contributed by atoms with Crippen LogP contribution in [0, 0.1) is 0 Å². The van der Waals surface area contributed by atoms with Crippen LogP contribution in [0.2, 0.25) is 10.0 Å². The maximum Gasteiger partial charge on any atom is 0.138 e. The summed E-state index contributed by atoms with van der Waals surface area (Å²) in [5, 5.41) is 4.57. The number of rotatable bonds is 3. The van der Waals surface area contributed by atoms with E-state index in [1.165, 1.54) is 15.6 Å². The number of thiophene rings is 1. The van der Waals surface area contributed by atoms with Crippen LogP contribution in [0.15, 0.2) is 41.8 Å². The molecule has 3 rings (SSSR count). The van der Waals surface area contributed by atoms with E-state index >= 15 is 0 Å². The van der Waals surface area contributed by atoms with Gasteiger partial charge in [-0.1, -0.05) is 57.3 Å². The van der Waals surface area contributed by atoms with E-state index in [0.29, 0.717) is 15.8 Å². The van der Waals surface area contributed by atoms with Crippen LogP contribution < -0.4 is 4.74 Å². The van der Waals surface area contributed by atoms with Crippen LogP contribution in [-0.4, -0.2) is 7.11 Å². The zero-order valence-electron chi connectivity index (χ0n) is 11.1. The third-order valence-electron chi connectivity index (χ3n) is 3.33. The van der Waals surface area contributed by atoms with Gasteiger partial charge in [0.05, 0.1) is 17.0 Å². The molecule has 0 fully saturated rings. The summed E-state index contributed by atoms with van der Waals surface area (Å²) >= 11 is 18.1. The van der Waals surface area contributed by atoms with Crippen LogP contribution in [0.4, 0.5) is 0 Å². The lowest BCUT2D eigenvalue weighted by Crippen LogP contribution is -1.95. The number of methoxy groups -OCH3 is 1. The third kappa shape index (κ3) is 2.80. The molecule has 1 heterocycles. The first-order valence-corrected chi connectivity index (χ1v) is 8.80. The molecule has 0 spiro atoms. The molecular formula is C16H11BrCl2OS. The van der Waals surface area contributed by atoms with Gasteiger partial charge < -0.3 is 4.74 Å². The lowest BCUT2D eigenvalue weighted by atomic mass is 10.0. The summed E-state index contributed by atoms with van der Waals surface area (Å²) in [5.74, 6) is 0.584. The Kier molecular flexibility index (Phi) is 4.46. The van der Waals surface area contributed by atoms with Crippen molar-refractivity contribution >= 4 is 60.6 Å². The lowest BCUT2D eigenvalue weighted by Gasteiger charge is -2.14. The Balaban J connectivity index is 2.10. The number of alkyl halides is 1. The summed E-state index contributed by atoms with van der Waals surface area (Å²) in [4.78, 5) is -0.00967. The molecule has 1 nitrogen and oxygen atoms in total. The molecule has 108 valence electrons. The average Bonchev–Trinajstić information content (AvgIpc) is 2.92. The molecule has 0 aliphatic heterocycles. The number of hydrogen-bond acceptors (Lipinski definition) is 2. The smallest absolute Gasteiger partial charge is 0.138 e. The molecular weight excluding hydrogens is 391 g/mol. The molecule has 0 N–H and O–H groups in total. The number of hydrogen-bond donors (Lipinski definition) is 0. The van der Waals surface area contributed by atoms with Gasteiger partial charge in [-0.2, -0.15) is 0 Å². The van der Waals surface area contributed by atoms with Crippen LogP contribution in [0.1, 0.15) is 16.0 Å². The minimum Gasteiger partial charge on any atom is -0.495 e. The van der Waals surface area contributed by atoms with E-state index in [-0.39, 0.29) is 4.83 Å². The fourth-order valence-corrected chi connectivity index (χ4v) is 4.82. The second-order valence-corrected chi connectivity index (χ2v) is 7.20. The Bertz CT molecular complexity index is 800. The van der Waals surface area contributed by atoms with Gasteiger partial charge in [0.1, 0.15) is 5.75 Å². The third-order valence-corrected chi connectivity index (χ3v) is 5.92. The highest BCUT2D eigenvalue weighted by Gasteiger charge is 2.19. The predicted octanol–water partition coefficient (Wildman–Crippen LogP) is 6.70. The quantitative estimate of drug-likeness (QED) is 0.443.